The van der Waals surface area contributed by atoms with Crippen LogP contribution in [-0.2, 0) is 18.0 Å². The monoisotopic (exact) mass is 587 g/mol. The fourth-order valence-electron chi connectivity index (χ4n) is 4.30. The second-order valence-electron chi connectivity index (χ2n) is 9.94. The average molecular weight is 588 g/mol. The van der Waals surface area contributed by atoms with Gasteiger partial charge in [0.25, 0.3) is 11.8 Å². The van der Waals surface area contributed by atoms with Gasteiger partial charge in [0.2, 0.25) is 12.1 Å². The van der Waals surface area contributed by atoms with E-state index < -0.39 is 48.6 Å². The zero-order valence-corrected chi connectivity index (χ0v) is 23.1. The summed E-state index contributed by atoms with van der Waals surface area (Å²) < 4.78 is 67.2. The normalized spacial score (nSPS) is 12.7. The Morgan fingerprint density at radius 3 is 2.36 bits per heavy atom. The van der Waals surface area contributed by atoms with Crippen molar-refractivity contribution in [1.82, 2.24) is 25.0 Å². The molecular weight excluding hydrogens is 558 g/mol. The lowest BCUT2D eigenvalue weighted by atomic mass is 9.98. The molecule has 0 aliphatic heterocycles. The average Bonchev–Trinajstić information content (AvgIpc) is 3.26. The van der Waals surface area contributed by atoms with Crippen molar-refractivity contribution in [2.24, 2.45) is 0 Å². The first-order valence-corrected chi connectivity index (χ1v) is 12.9. The van der Waals surface area contributed by atoms with Crippen LogP contribution in [0.4, 0.5) is 22.4 Å². The van der Waals surface area contributed by atoms with Crippen molar-refractivity contribution < 1.29 is 36.6 Å². The highest BCUT2D eigenvalue weighted by Gasteiger charge is 2.32. The van der Waals surface area contributed by atoms with E-state index in [1.807, 2.05) is 0 Å². The third-order valence-electron chi connectivity index (χ3n) is 6.36. The number of fused-ring (bicyclic) bond motifs is 1. The summed E-state index contributed by atoms with van der Waals surface area (Å²) in [6.07, 6.45) is -2.95. The van der Waals surface area contributed by atoms with E-state index in [1.54, 1.807) is 44.2 Å². The first-order chi connectivity index (χ1) is 20.0. The molecule has 2 N–H and O–H groups in total. The van der Waals surface area contributed by atoms with Gasteiger partial charge >= 0.3 is 6.09 Å². The molecule has 4 aromatic rings. The number of benzene rings is 2. The largest absolute Gasteiger partial charge is 0.470 e. The van der Waals surface area contributed by atoms with Crippen molar-refractivity contribution in [1.29, 1.82) is 0 Å². The van der Waals surface area contributed by atoms with Gasteiger partial charge in [0.1, 0.15) is 30.5 Å². The van der Waals surface area contributed by atoms with Gasteiger partial charge in [0.05, 0.1) is 22.5 Å². The molecule has 0 saturated heterocycles. The van der Waals surface area contributed by atoms with Crippen molar-refractivity contribution in [3.8, 4) is 5.88 Å². The number of ether oxygens (including phenoxy) is 2. The molecule has 1 atom stereocenters. The Balaban J connectivity index is 1.50. The molecule has 2 amide bonds. The van der Waals surface area contributed by atoms with E-state index in [9.17, 15) is 27.2 Å². The summed E-state index contributed by atoms with van der Waals surface area (Å²) in [4.78, 5) is 34.3. The van der Waals surface area contributed by atoms with E-state index in [1.165, 1.54) is 23.6 Å². The SMILES string of the molecule is Cc1cn2c(C(=O)NCC(C)(CC(F)F)NC(=O)OCc3ccccc3)c(C)nc2c(OCc2c(F)cccc2F)n1. The minimum absolute atomic E-state index is 0.0588. The molecule has 9 nitrogen and oxygen atoms in total. The zero-order valence-electron chi connectivity index (χ0n) is 23.1. The number of amides is 2. The number of halogens is 4. The summed E-state index contributed by atoms with van der Waals surface area (Å²) in [7, 11) is 0. The number of carbonyl (C=O) groups is 2. The fraction of sp³-hybridized carbons (Fsp3) is 0.310. The van der Waals surface area contributed by atoms with Crippen LogP contribution in [0.25, 0.3) is 5.65 Å². The predicted molar refractivity (Wildman–Crippen MR) is 144 cm³/mol. The van der Waals surface area contributed by atoms with Gasteiger partial charge in [-0.1, -0.05) is 36.4 Å². The van der Waals surface area contributed by atoms with Gasteiger partial charge in [0, 0.05) is 19.2 Å². The quantitative estimate of drug-likeness (QED) is 0.232. The van der Waals surface area contributed by atoms with Gasteiger partial charge in [-0.2, -0.15) is 0 Å². The van der Waals surface area contributed by atoms with Gasteiger partial charge in [-0.15, -0.1) is 0 Å². The maximum Gasteiger partial charge on any atom is 0.407 e. The molecule has 4 rings (SSSR count). The number of alkyl halides is 2. The van der Waals surface area contributed by atoms with Crippen molar-refractivity contribution in [3.05, 3.63) is 94.6 Å². The highest BCUT2D eigenvalue weighted by atomic mass is 19.3. The van der Waals surface area contributed by atoms with E-state index in [-0.39, 0.29) is 41.6 Å². The van der Waals surface area contributed by atoms with E-state index >= 15 is 0 Å². The number of nitrogens with zero attached hydrogens (tertiary/aromatic N) is 3. The van der Waals surface area contributed by atoms with Gasteiger partial charge in [0.15, 0.2) is 0 Å². The van der Waals surface area contributed by atoms with E-state index in [4.69, 9.17) is 9.47 Å². The number of rotatable bonds is 11. The first-order valence-electron chi connectivity index (χ1n) is 12.9. The van der Waals surface area contributed by atoms with Crippen LogP contribution in [0.2, 0.25) is 0 Å². The molecule has 0 radical (unpaired) electrons. The molecule has 1 unspecified atom stereocenters. The predicted octanol–water partition coefficient (Wildman–Crippen LogP) is 5.27. The number of nitrogens with one attached hydrogen (secondary N) is 2. The molecule has 0 spiro atoms. The topological polar surface area (TPSA) is 107 Å². The standard InChI is InChI=1S/C29H29F4N5O4/c1-17-13-38-24(18(2)36-25(38)27(35-17)41-15-20-21(30)10-7-11-22(20)31)26(39)34-16-29(3,12-23(32)33)37-28(40)42-14-19-8-5-4-6-9-19/h4-11,13,23H,12,14-16H2,1-3H3,(H,34,39)(H,37,40). The summed E-state index contributed by atoms with van der Waals surface area (Å²) in [6.45, 7) is 3.64. The molecule has 2 heterocycles. The number of aryl methyl sites for hydroxylation is 2. The number of aromatic nitrogens is 3. The molecule has 0 bridgehead atoms. The lowest BCUT2D eigenvalue weighted by Crippen LogP contribution is -2.54. The van der Waals surface area contributed by atoms with Crippen LogP contribution >= 0.6 is 0 Å². The maximum atomic E-state index is 14.1. The van der Waals surface area contributed by atoms with Crippen LogP contribution < -0.4 is 15.4 Å². The molecule has 0 aliphatic rings. The Morgan fingerprint density at radius 1 is 1.00 bits per heavy atom. The van der Waals surface area contributed by atoms with Crippen molar-refractivity contribution in [2.45, 2.75) is 52.4 Å². The van der Waals surface area contributed by atoms with Crippen LogP contribution in [0.15, 0.2) is 54.7 Å². The van der Waals surface area contributed by atoms with E-state index in [0.717, 1.165) is 12.1 Å². The van der Waals surface area contributed by atoms with Crippen LogP contribution in [0.1, 0.15) is 46.3 Å². The van der Waals surface area contributed by atoms with Crippen LogP contribution in [-0.4, -0.2) is 44.9 Å². The Labute approximate surface area is 238 Å². The van der Waals surface area contributed by atoms with Crippen molar-refractivity contribution in [2.75, 3.05) is 6.54 Å². The third-order valence-corrected chi connectivity index (χ3v) is 6.36. The number of imidazole rings is 1. The van der Waals surface area contributed by atoms with Gasteiger partial charge in [-0.25, -0.2) is 32.3 Å². The van der Waals surface area contributed by atoms with Crippen molar-refractivity contribution >= 4 is 17.6 Å². The molecular formula is C29H29F4N5O4. The highest BCUT2D eigenvalue weighted by molar-refractivity contribution is 5.95. The maximum absolute atomic E-state index is 14.1. The zero-order chi connectivity index (χ0) is 30.4. The lowest BCUT2D eigenvalue weighted by Gasteiger charge is -2.30. The molecule has 2 aromatic heterocycles. The van der Waals surface area contributed by atoms with Crippen molar-refractivity contribution in [3.63, 3.8) is 0 Å². The number of alkyl carbamates (subject to hydrolysis) is 1. The Bertz CT molecular complexity index is 1560. The summed E-state index contributed by atoms with van der Waals surface area (Å²) in [5.74, 6) is -2.31. The van der Waals surface area contributed by atoms with Crippen LogP contribution in [0, 0.1) is 25.5 Å². The van der Waals surface area contributed by atoms with Gasteiger partial charge in [-0.05, 0) is 38.5 Å². The van der Waals surface area contributed by atoms with Gasteiger partial charge in [-0.3, -0.25) is 9.20 Å². The van der Waals surface area contributed by atoms with Gasteiger partial charge < -0.3 is 20.1 Å². The summed E-state index contributed by atoms with van der Waals surface area (Å²) in [5, 5.41) is 5.03. The molecule has 42 heavy (non-hydrogen) atoms. The Kier molecular flexibility index (Phi) is 9.28. The molecule has 13 heteroatoms. The highest BCUT2D eigenvalue weighted by Crippen LogP contribution is 2.24. The summed E-state index contributed by atoms with van der Waals surface area (Å²) >= 11 is 0. The Hall–Kier alpha value is -4.68. The minimum atomic E-state index is -2.79. The Morgan fingerprint density at radius 2 is 1.69 bits per heavy atom. The second kappa shape index (κ2) is 12.9. The number of carbonyl (C=O) groups excluding carboxylic acids is 2. The van der Waals surface area contributed by atoms with E-state index in [0.29, 0.717) is 11.3 Å². The number of hydrogen-bond acceptors (Lipinski definition) is 6. The second-order valence-corrected chi connectivity index (χ2v) is 9.94. The molecule has 222 valence electrons. The van der Waals surface area contributed by atoms with Crippen LogP contribution in [0.5, 0.6) is 5.88 Å². The third kappa shape index (κ3) is 7.33. The first kappa shape index (κ1) is 30.3. The van der Waals surface area contributed by atoms with E-state index in [2.05, 4.69) is 20.6 Å². The number of hydrogen-bond donors (Lipinski definition) is 2. The minimum Gasteiger partial charge on any atom is -0.470 e. The molecule has 0 fully saturated rings. The molecule has 2 aromatic carbocycles. The summed E-state index contributed by atoms with van der Waals surface area (Å²) in [5.41, 5.74) is -0.306. The molecule has 0 saturated carbocycles. The smallest absolute Gasteiger partial charge is 0.407 e. The summed E-state index contributed by atoms with van der Waals surface area (Å²) in [6, 6.07) is 12.3. The fourth-order valence-corrected chi connectivity index (χ4v) is 4.30. The lowest BCUT2D eigenvalue weighted by molar-refractivity contribution is 0.0781. The molecule has 0 aliphatic carbocycles. The van der Waals surface area contributed by atoms with Crippen LogP contribution in [0.3, 0.4) is 0 Å².